The second-order valence-corrected chi connectivity index (χ2v) is 15.7. The van der Waals surface area contributed by atoms with Crippen LogP contribution in [-0.4, -0.2) is 107 Å². The molecule has 7 rings (SSSR count). The molecule has 242 valence electrons. The Morgan fingerprint density at radius 2 is 1.78 bits per heavy atom. The normalized spacial score (nSPS) is 38.8. The Kier molecular flexibility index (Phi) is 7.76. The van der Waals surface area contributed by atoms with Gasteiger partial charge in [-0.25, -0.2) is 18.3 Å². The minimum absolute atomic E-state index is 0.0250. The molecule has 3 aromatic rings. The van der Waals surface area contributed by atoms with E-state index in [0.717, 1.165) is 9.36 Å². The second-order valence-electron chi connectivity index (χ2n) is 9.99. The van der Waals surface area contributed by atoms with E-state index in [1.165, 1.54) is 6.21 Å². The Hall–Kier alpha value is -2.63. The third kappa shape index (κ3) is 5.56. The lowest BCUT2D eigenvalue weighted by atomic mass is 10.1. The Morgan fingerprint density at radius 3 is 2.58 bits per heavy atom. The van der Waals surface area contributed by atoms with Gasteiger partial charge in [0.1, 0.15) is 24.4 Å². The van der Waals surface area contributed by atoms with Crippen molar-refractivity contribution in [2.24, 2.45) is 4.99 Å². The van der Waals surface area contributed by atoms with Gasteiger partial charge in [-0.2, -0.15) is 14.3 Å². The number of nitrogens with two attached hydrogens (primary N) is 1. The van der Waals surface area contributed by atoms with Gasteiger partial charge in [0.15, 0.2) is 53.3 Å². The molecule has 3 saturated heterocycles. The van der Waals surface area contributed by atoms with Gasteiger partial charge in [0.2, 0.25) is 5.95 Å². The number of aromatic amines is 1. The zero-order valence-corrected chi connectivity index (χ0v) is 25.6. The molecule has 4 aliphatic rings. The fraction of sp³-hybridized carbons (Fsp3) is 0.579. The smallest absolute Gasteiger partial charge is 0.369 e. The van der Waals surface area contributed by atoms with E-state index in [-0.39, 0.29) is 35.0 Å². The minimum Gasteiger partial charge on any atom is -0.369 e. The highest BCUT2D eigenvalue weighted by molar-refractivity contribution is 8.44. The van der Waals surface area contributed by atoms with Crippen LogP contribution < -0.4 is 11.3 Å². The summed E-state index contributed by atoms with van der Waals surface area (Å²) in [5, 5.41) is 15.1. The molecule has 2 bridgehead atoms. The first-order valence-corrected chi connectivity index (χ1v) is 18.1. The molecular weight excluding hydrogens is 692 g/mol. The lowest BCUT2D eigenvalue weighted by molar-refractivity contribution is -0.0635. The molecule has 26 heteroatoms. The molecule has 20 nitrogen and oxygen atoms in total. The Labute approximate surface area is 258 Å². The van der Waals surface area contributed by atoms with Crippen LogP contribution in [0.2, 0.25) is 0 Å². The molecule has 0 spiro atoms. The quantitative estimate of drug-likeness (QED) is 0.205. The number of fused-ring (bicyclic) bond motifs is 5. The zero-order valence-electron chi connectivity index (χ0n) is 22.1. The summed E-state index contributed by atoms with van der Waals surface area (Å²) in [7, 11) is 0. The highest BCUT2D eigenvalue weighted by Crippen LogP contribution is 2.58. The Balaban J connectivity index is 1.20. The number of ketones is 1. The van der Waals surface area contributed by atoms with Gasteiger partial charge < -0.3 is 24.6 Å². The molecule has 4 N–H and O–H groups in total. The van der Waals surface area contributed by atoms with Crippen molar-refractivity contribution in [1.29, 1.82) is 0 Å². The number of hydrogen-bond donors (Lipinski definition) is 4. The van der Waals surface area contributed by atoms with Crippen molar-refractivity contribution in [3.8, 4) is 0 Å². The molecule has 45 heavy (non-hydrogen) atoms. The van der Waals surface area contributed by atoms with Gasteiger partial charge in [-0.1, -0.05) is 22.7 Å². The summed E-state index contributed by atoms with van der Waals surface area (Å²) in [4.78, 5) is 45.5. The SMILES string of the molecule is Nc1nc2c(nnn2[C@@H]2O[C@@H]3COP(O)(=S)O[C@H]4[C@H](F)[C@H](n5nnc6c5N=CCC6=O)O[C@@H]4COP(=O)(S)O[C@@H]2[C@@H]3F)c(=O)[nH]1. The summed E-state index contributed by atoms with van der Waals surface area (Å²) in [6, 6.07) is 0. The number of carbonyl (C=O) groups is 1. The van der Waals surface area contributed by atoms with Crippen LogP contribution in [0, 0.1) is 0 Å². The van der Waals surface area contributed by atoms with Crippen molar-refractivity contribution in [2.45, 2.75) is 55.6 Å². The highest BCUT2D eigenvalue weighted by atomic mass is 32.7. The van der Waals surface area contributed by atoms with Crippen LogP contribution in [0.15, 0.2) is 9.79 Å². The first-order valence-electron chi connectivity index (χ1n) is 12.8. The molecule has 10 atom stereocenters. The van der Waals surface area contributed by atoms with E-state index < -0.39 is 87.3 Å². The summed E-state index contributed by atoms with van der Waals surface area (Å²) in [6.07, 6.45) is -12.8. The molecule has 3 aromatic heterocycles. The molecule has 7 heterocycles. The van der Waals surface area contributed by atoms with Gasteiger partial charge in [0.05, 0.1) is 13.2 Å². The van der Waals surface area contributed by atoms with Crippen LogP contribution in [0.1, 0.15) is 29.4 Å². The summed E-state index contributed by atoms with van der Waals surface area (Å²) in [5.41, 5.74) is 4.28. The maximum atomic E-state index is 15.9. The van der Waals surface area contributed by atoms with Crippen LogP contribution in [0.4, 0.5) is 20.5 Å². The van der Waals surface area contributed by atoms with Crippen LogP contribution in [-0.2, 0) is 43.9 Å². The Morgan fingerprint density at radius 1 is 1.04 bits per heavy atom. The molecule has 0 saturated carbocycles. The number of anilines is 1. The third-order valence-electron chi connectivity index (χ3n) is 7.10. The molecule has 0 aliphatic carbocycles. The number of Topliss-reactive ketones (excluding diaryl/α,β-unsaturated/α-hetero) is 1. The number of aromatic nitrogens is 8. The van der Waals surface area contributed by atoms with Gasteiger partial charge in [-0.15, -0.1) is 10.2 Å². The Bertz CT molecular complexity index is 1880. The number of alkyl halides is 2. The molecule has 0 radical (unpaired) electrons. The number of aliphatic imine (C=N–C) groups is 1. The molecule has 3 fully saturated rings. The van der Waals surface area contributed by atoms with E-state index in [1.807, 2.05) is 0 Å². The van der Waals surface area contributed by atoms with Crippen molar-refractivity contribution in [2.75, 3.05) is 18.9 Å². The standard InChI is InChI=1S/C19H20F2N10O10P2S2/c20-8-6-3-36-42(34,44)40-12-7(39-17(9(12)21)30-14-10(26-28-30)5(32)1-2-23-14)4-37-43(35,45)41-13(8)18(38-6)31-15-11(27-29-31)16(33)25-19(22)24-15/h2,6-9,12-13,17-18H,1,3-4H2,(H,34,44)(H,35,45)(H3,22,24,25,33)/t6-,7-,8-,9+,12-,13-,17-,18-,42?,43?/m1/s1. The zero-order chi connectivity index (χ0) is 31.8. The number of hydrogen-bond acceptors (Lipinski definition) is 17. The van der Waals surface area contributed by atoms with Crippen molar-refractivity contribution in [3.05, 3.63) is 16.0 Å². The van der Waals surface area contributed by atoms with E-state index in [4.69, 9.17) is 45.1 Å². The molecule has 0 amide bonds. The van der Waals surface area contributed by atoms with Crippen LogP contribution in [0.3, 0.4) is 0 Å². The fourth-order valence-corrected chi connectivity index (χ4v) is 7.98. The number of carbonyl (C=O) groups excluding carboxylic acids is 1. The van der Waals surface area contributed by atoms with E-state index in [9.17, 15) is 19.0 Å². The van der Waals surface area contributed by atoms with E-state index in [1.54, 1.807) is 0 Å². The largest absolute Gasteiger partial charge is 0.386 e. The number of ether oxygens (including phenoxy) is 2. The number of rotatable bonds is 2. The average molecular weight is 713 g/mol. The maximum Gasteiger partial charge on any atom is 0.386 e. The molecular formula is C19H20F2N10O10P2S2. The summed E-state index contributed by atoms with van der Waals surface area (Å²) >= 11 is 9.02. The van der Waals surface area contributed by atoms with Crippen molar-refractivity contribution in [3.63, 3.8) is 0 Å². The first-order chi connectivity index (χ1) is 21.3. The predicted molar refractivity (Wildman–Crippen MR) is 150 cm³/mol. The van der Waals surface area contributed by atoms with Gasteiger partial charge in [0.25, 0.3) is 5.56 Å². The minimum atomic E-state index is -4.54. The average Bonchev–Trinajstić information content (AvgIpc) is 3.72. The number of H-pyrrole nitrogens is 1. The number of halogens is 2. The van der Waals surface area contributed by atoms with Crippen LogP contribution in [0.25, 0.3) is 11.2 Å². The second kappa shape index (κ2) is 11.3. The summed E-state index contributed by atoms with van der Waals surface area (Å²) < 4.78 is 80.0. The van der Waals surface area contributed by atoms with E-state index in [2.05, 4.69) is 47.8 Å². The third-order valence-corrected chi connectivity index (χ3v) is 10.3. The van der Waals surface area contributed by atoms with Crippen LogP contribution >= 0.6 is 25.8 Å². The van der Waals surface area contributed by atoms with Crippen LogP contribution in [0.5, 0.6) is 0 Å². The molecule has 0 aromatic carbocycles. The number of thiol groups is 1. The van der Waals surface area contributed by atoms with Gasteiger partial charge in [0, 0.05) is 12.6 Å². The topological polar surface area (TPSA) is 255 Å². The molecule has 2 unspecified atom stereocenters. The van der Waals surface area contributed by atoms with Gasteiger partial charge in [-0.3, -0.25) is 28.1 Å². The summed E-state index contributed by atoms with van der Waals surface area (Å²) in [6.45, 7) is -10.4. The van der Waals surface area contributed by atoms with E-state index in [0.29, 0.717) is 0 Å². The van der Waals surface area contributed by atoms with Gasteiger partial charge in [-0.05, 0) is 11.8 Å². The van der Waals surface area contributed by atoms with Gasteiger partial charge >= 0.3 is 13.5 Å². The predicted octanol–water partition coefficient (Wildman–Crippen LogP) is 0.220. The van der Waals surface area contributed by atoms with Crippen molar-refractivity contribution in [1.82, 2.24) is 40.0 Å². The van der Waals surface area contributed by atoms with Crippen molar-refractivity contribution < 1.29 is 50.6 Å². The van der Waals surface area contributed by atoms with Crippen molar-refractivity contribution >= 4 is 72.5 Å². The fourth-order valence-electron chi connectivity index (χ4n) is 5.09. The first kappa shape index (κ1) is 31.0. The number of nitrogens with zero attached hydrogens (tertiary/aromatic N) is 8. The molecule has 4 aliphatic heterocycles. The monoisotopic (exact) mass is 712 g/mol. The lowest BCUT2D eigenvalue weighted by Crippen LogP contribution is -2.34. The highest BCUT2D eigenvalue weighted by Gasteiger charge is 2.55. The lowest BCUT2D eigenvalue weighted by Gasteiger charge is -2.26. The summed E-state index contributed by atoms with van der Waals surface area (Å²) in [5.74, 6) is -0.795. The van der Waals surface area contributed by atoms with E-state index >= 15 is 8.78 Å². The maximum absolute atomic E-state index is 15.9. The number of nitrogens with one attached hydrogen (secondary N) is 1. The number of nitrogen functional groups attached to an aromatic ring is 1.